The monoisotopic (exact) mass is 377 g/mol. The SMILES string of the molecule is O=C(NCC1CCCO1)c1cc(-c2ccc([N+](=O)[O-])cc2)nc2ccccc12. The molecule has 2 aromatic carbocycles. The zero-order valence-corrected chi connectivity index (χ0v) is 15.1. The van der Waals surface area contributed by atoms with Crippen LogP contribution in [0.15, 0.2) is 54.6 Å². The van der Waals surface area contributed by atoms with Crippen LogP contribution in [0.25, 0.3) is 22.2 Å². The number of hydrogen-bond donors (Lipinski definition) is 1. The summed E-state index contributed by atoms with van der Waals surface area (Å²) in [6.45, 7) is 1.21. The second-order valence-corrected chi connectivity index (χ2v) is 6.72. The first-order valence-electron chi connectivity index (χ1n) is 9.16. The molecule has 0 radical (unpaired) electrons. The molecule has 1 fully saturated rings. The number of ether oxygens (including phenoxy) is 1. The Morgan fingerprint density at radius 2 is 2.00 bits per heavy atom. The van der Waals surface area contributed by atoms with E-state index in [0.717, 1.165) is 24.8 Å². The van der Waals surface area contributed by atoms with E-state index in [1.807, 2.05) is 24.3 Å². The van der Waals surface area contributed by atoms with Gasteiger partial charge in [-0.05, 0) is 37.1 Å². The molecule has 3 aromatic rings. The lowest BCUT2D eigenvalue weighted by Crippen LogP contribution is -2.31. The minimum Gasteiger partial charge on any atom is -0.376 e. The first kappa shape index (κ1) is 18.1. The summed E-state index contributed by atoms with van der Waals surface area (Å²) < 4.78 is 5.57. The molecule has 7 heteroatoms. The van der Waals surface area contributed by atoms with Crippen LogP contribution >= 0.6 is 0 Å². The van der Waals surface area contributed by atoms with Crippen molar-refractivity contribution in [3.05, 3.63) is 70.3 Å². The highest BCUT2D eigenvalue weighted by atomic mass is 16.6. The van der Waals surface area contributed by atoms with Gasteiger partial charge in [-0.2, -0.15) is 0 Å². The van der Waals surface area contributed by atoms with E-state index >= 15 is 0 Å². The van der Waals surface area contributed by atoms with Crippen molar-refractivity contribution in [2.24, 2.45) is 0 Å². The number of non-ortho nitro benzene ring substituents is 1. The predicted octanol–water partition coefficient (Wildman–Crippen LogP) is 3.72. The number of nitro benzene ring substituents is 1. The fraction of sp³-hybridized carbons (Fsp3) is 0.238. The maximum atomic E-state index is 12.9. The molecule has 2 heterocycles. The second kappa shape index (κ2) is 7.74. The Kier molecular flexibility index (Phi) is 4.99. The molecule has 7 nitrogen and oxygen atoms in total. The molecule has 1 aliphatic heterocycles. The summed E-state index contributed by atoms with van der Waals surface area (Å²) in [5.74, 6) is -0.183. The number of hydrogen-bond acceptors (Lipinski definition) is 5. The second-order valence-electron chi connectivity index (χ2n) is 6.72. The van der Waals surface area contributed by atoms with Gasteiger partial charge in [-0.15, -0.1) is 0 Å². The molecule has 0 aliphatic carbocycles. The van der Waals surface area contributed by atoms with Gasteiger partial charge in [0, 0.05) is 36.2 Å². The lowest BCUT2D eigenvalue weighted by atomic mass is 10.0. The summed E-state index contributed by atoms with van der Waals surface area (Å²) in [7, 11) is 0. The lowest BCUT2D eigenvalue weighted by molar-refractivity contribution is -0.384. The third kappa shape index (κ3) is 3.70. The first-order valence-corrected chi connectivity index (χ1v) is 9.16. The van der Waals surface area contributed by atoms with E-state index in [9.17, 15) is 14.9 Å². The largest absolute Gasteiger partial charge is 0.376 e. The third-order valence-electron chi connectivity index (χ3n) is 4.85. The van der Waals surface area contributed by atoms with Crippen molar-refractivity contribution in [1.29, 1.82) is 0 Å². The van der Waals surface area contributed by atoms with Crippen LogP contribution in [0, 0.1) is 10.1 Å². The summed E-state index contributed by atoms with van der Waals surface area (Å²) in [6, 6.07) is 15.3. The van der Waals surface area contributed by atoms with Gasteiger partial charge in [0.2, 0.25) is 0 Å². The fourth-order valence-corrected chi connectivity index (χ4v) is 3.37. The van der Waals surface area contributed by atoms with E-state index in [1.54, 1.807) is 18.2 Å². The number of aromatic nitrogens is 1. The molecule has 0 bridgehead atoms. The predicted molar refractivity (Wildman–Crippen MR) is 105 cm³/mol. The number of amides is 1. The number of carbonyl (C=O) groups excluding carboxylic acids is 1. The average molecular weight is 377 g/mol. The van der Waals surface area contributed by atoms with Gasteiger partial charge in [-0.3, -0.25) is 14.9 Å². The highest BCUT2D eigenvalue weighted by Gasteiger charge is 2.19. The average Bonchev–Trinajstić information content (AvgIpc) is 3.25. The van der Waals surface area contributed by atoms with Gasteiger partial charge < -0.3 is 10.1 Å². The van der Waals surface area contributed by atoms with Crippen molar-refractivity contribution >= 4 is 22.5 Å². The molecule has 1 saturated heterocycles. The zero-order chi connectivity index (χ0) is 19.5. The normalized spacial score (nSPS) is 16.2. The van der Waals surface area contributed by atoms with Gasteiger partial charge in [0.15, 0.2) is 0 Å². The minimum absolute atomic E-state index is 0.0130. The quantitative estimate of drug-likeness (QED) is 0.540. The number of nitro groups is 1. The van der Waals surface area contributed by atoms with E-state index in [-0.39, 0.29) is 17.7 Å². The molecule has 4 rings (SSSR count). The molecule has 0 saturated carbocycles. The maximum absolute atomic E-state index is 12.9. The van der Waals surface area contributed by atoms with Gasteiger partial charge in [0.25, 0.3) is 11.6 Å². The molecule has 1 unspecified atom stereocenters. The highest BCUT2D eigenvalue weighted by Crippen LogP contribution is 2.26. The van der Waals surface area contributed by atoms with Crippen LogP contribution in [-0.2, 0) is 4.74 Å². The summed E-state index contributed by atoms with van der Waals surface area (Å²) in [6.07, 6.45) is 2.03. The summed E-state index contributed by atoms with van der Waals surface area (Å²) >= 11 is 0. The summed E-state index contributed by atoms with van der Waals surface area (Å²) in [5, 5.41) is 14.6. The van der Waals surface area contributed by atoms with Crippen LogP contribution in [0.1, 0.15) is 23.2 Å². The van der Waals surface area contributed by atoms with E-state index < -0.39 is 4.92 Å². The van der Waals surface area contributed by atoms with E-state index in [4.69, 9.17) is 4.74 Å². The Labute approximate surface area is 161 Å². The Morgan fingerprint density at radius 1 is 1.21 bits per heavy atom. The highest BCUT2D eigenvalue weighted by molar-refractivity contribution is 6.07. The first-order chi connectivity index (χ1) is 13.6. The van der Waals surface area contributed by atoms with Gasteiger partial charge in [-0.1, -0.05) is 18.2 Å². The van der Waals surface area contributed by atoms with Crippen LogP contribution in [0.3, 0.4) is 0 Å². The van der Waals surface area contributed by atoms with Crippen molar-refractivity contribution < 1.29 is 14.5 Å². The van der Waals surface area contributed by atoms with Crippen molar-refractivity contribution in [2.75, 3.05) is 13.2 Å². The van der Waals surface area contributed by atoms with Crippen LogP contribution in [0.4, 0.5) is 5.69 Å². The van der Waals surface area contributed by atoms with Gasteiger partial charge in [0.1, 0.15) is 0 Å². The topological polar surface area (TPSA) is 94.4 Å². The molecule has 1 amide bonds. The number of nitrogens with zero attached hydrogens (tertiary/aromatic N) is 2. The Morgan fingerprint density at radius 3 is 2.71 bits per heavy atom. The number of fused-ring (bicyclic) bond motifs is 1. The molecule has 0 spiro atoms. The molecule has 1 aromatic heterocycles. The maximum Gasteiger partial charge on any atom is 0.269 e. The molecule has 1 N–H and O–H groups in total. The molecular formula is C21H19N3O4. The van der Waals surface area contributed by atoms with Crippen LogP contribution in [-0.4, -0.2) is 35.1 Å². The van der Waals surface area contributed by atoms with Crippen molar-refractivity contribution in [1.82, 2.24) is 10.3 Å². The lowest BCUT2D eigenvalue weighted by Gasteiger charge is -2.13. The Hall–Kier alpha value is -3.32. The van der Waals surface area contributed by atoms with Crippen LogP contribution in [0.2, 0.25) is 0 Å². The van der Waals surface area contributed by atoms with Crippen molar-refractivity contribution in [3.63, 3.8) is 0 Å². The molecule has 28 heavy (non-hydrogen) atoms. The van der Waals surface area contributed by atoms with Gasteiger partial charge >= 0.3 is 0 Å². The van der Waals surface area contributed by atoms with Crippen LogP contribution < -0.4 is 5.32 Å². The molecule has 1 atom stereocenters. The van der Waals surface area contributed by atoms with Crippen molar-refractivity contribution in [2.45, 2.75) is 18.9 Å². The third-order valence-corrected chi connectivity index (χ3v) is 4.85. The number of benzene rings is 2. The zero-order valence-electron chi connectivity index (χ0n) is 15.1. The van der Waals surface area contributed by atoms with Gasteiger partial charge in [-0.25, -0.2) is 4.98 Å². The Bertz CT molecular complexity index is 1030. The smallest absolute Gasteiger partial charge is 0.269 e. The summed E-state index contributed by atoms with van der Waals surface area (Å²) in [5.41, 5.74) is 2.54. The van der Waals surface area contributed by atoms with E-state index in [1.165, 1.54) is 12.1 Å². The molecule has 142 valence electrons. The molecular weight excluding hydrogens is 358 g/mol. The van der Waals surface area contributed by atoms with Crippen molar-refractivity contribution in [3.8, 4) is 11.3 Å². The number of nitrogens with one attached hydrogen (secondary N) is 1. The number of para-hydroxylation sites is 1. The van der Waals surface area contributed by atoms with E-state index in [2.05, 4.69) is 10.3 Å². The van der Waals surface area contributed by atoms with E-state index in [0.29, 0.717) is 28.9 Å². The summed E-state index contributed by atoms with van der Waals surface area (Å²) in [4.78, 5) is 27.9. The number of rotatable bonds is 5. The minimum atomic E-state index is -0.443. The van der Waals surface area contributed by atoms with Crippen LogP contribution in [0.5, 0.6) is 0 Å². The fourth-order valence-electron chi connectivity index (χ4n) is 3.37. The Balaban J connectivity index is 1.68. The standard InChI is InChI=1S/C21H19N3O4/c25-21(22-13-16-4-3-11-28-16)18-12-20(23-19-6-2-1-5-17(18)19)14-7-9-15(10-8-14)24(26)27/h1-2,5-10,12,16H,3-4,11,13H2,(H,22,25). The number of carbonyl (C=O) groups is 1. The van der Waals surface area contributed by atoms with Gasteiger partial charge in [0.05, 0.1) is 27.8 Å². The number of pyridine rings is 1. The molecule has 1 aliphatic rings.